The summed E-state index contributed by atoms with van der Waals surface area (Å²) in [6, 6.07) is 0. The monoisotopic (exact) mass is 523 g/mol. The van der Waals surface area contributed by atoms with Gasteiger partial charge in [-0.3, -0.25) is 14.4 Å². The van der Waals surface area contributed by atoms with Gasteiger partial charge in [0.25, 0.3) is 0 Å². The first-order valence-electron chi connectivity index (χ1n) is 13.6. The number of ketones is 1. The molecule has 0 aromatic carbocycles. The van der Waals surface area contributed by atoms with E-state index in [-0.39, 0.29) is 42.7 Å². The number of carbonyl (C=O) groups excluding carboxylic acids is 4. The second kappa shape index (κ2) is 19.6. The molecule has 1 N–H and O–H groups in total. The summed E-state index contributed by atoms with van der Waals surface area (Å²) in [6.07, 6.45) is 12.7. The van der Waals surface area contributed by atoms with Crippen molar-refractivity contribution in [3.63, 3.8) is 0 Å². The SMILES string of the molecule is CCCCCCCCCCCCNC(=O)CO[C@H]1O[C@@H](CC(C)=O)C=C(OC(C)=O)/C1=C/C(=O)OCC. The lowest BCUT2D eigenvalue weighted by Crippen LogP contribution is -2.37. The Labute approximate surface area is 221 Å². The van der Waals surface area contributed by atoms with Crippen molar-refractivity contribution in [1.82, 2.24) is 5.32 Å². The topological polar surface area (TPSA) is 117 Å². The standard InChI is InChI=1S/C28H45NO8/c1-5-7-8-9-10-11-12-13-14-15-16-29-26(32)20-35-28-24(19-27(33)34-6-2)25(36-22(4)31)18-23(37-28)17-21(3)30/h18-19,23,28H,5-17,20H2,1-4H3,(H,29,32)/b24-19-/t23-,28-/m0/s1. The van der Waals surface area contributed by atoms with E-state index < -0.39 is 24.3 Å². The van der Waals surface area contributed by atoms with Gasteiger partial charge in [0, 0.05) is 26.0 Å². The van der Waals surface area contributed by atoms with E-state index in [0.29, 0.717) is 6.54 Å². The minimum absolute atomic E-state index is 0.0161. The molecule has 0 radical (unpaired) electrons. The van der Waals surface area contributed by atoms with Gasteiger partial charge in [-0.1, -0.05) is 64.7 Å². The number of amides is 1. The zero-order chi connectivity index (χ0) is 27.5. The van der Waals surface area contributed by atoms with Crippen molar-refractivity contribution < 1.29 is 38.1 Å². The molecule has 0 aliphatic carbocycles. The molecular formula is C28H45NO8. The van der Waals surface area contributed by atoms with Crippen LogP contribution in [0.2, 0.25) is 0 Å². The molecule has 0 unspecified atom stereocenters. The Morgan fingerprint density at radius 3 is 2.14 bits per heavy atom. The van der Waals surface area contributed by atoms with Crippen LogP contribution in [0.3, 0.4) is 0 Å². The smallest absolute Gasteiger partial charge is 0.331 e. The molecule has 9 nitrogen and oxygen atoms in total. The maximum atomic E-state index is 12.3. The molecule has 0 aromatic rings. The fourth-order valence-corrected chi connectivity index (χ4v) is 3.91. The fourth-order valence-electron chi connectivity index (χ4n) is 3.91. The number of ether oxygens (including phenoxy) is 4. The zero-order valence-corrected chi connectivity index (χ0v) is 23.0. The zero-order valence-electron chi connectivity index (χ0n) is 23.0. The minimum Gasteiger partial charge on any atom is -0.463 e. The first kappa shape index (κ1) is 32.5. The Morgan fingerprint density at radius 1 is 0.946 bits per heavy atom. The lowest BCUT2D eigenvalue weighted by atomic mass is 10.0. The van der Waals surface area contributed by atoms with E-state index in [2.05, 4.69) is 12.2 Å². The maximum absolute atomic E-state index is 12.3. The Hall–Kier alpha value is -2.52. The number of hydrogen-bond donors (Lipinski definition) is 1. The lowest BCUT2D eigenvalue weighted by Gasteiger charge is -2.30. The van der Waals surface area contributed by atoms with E-state index >= 15 is 0 Å². The van der Waals surface area contributed by atoms with Gasteiger partial charge in [0.05, 0.1) is 18.3 Å². The molecule has 210 valence electrons. The first-order valence-corrected chi connectivity index (χ1v) is 13.6. The van der Waals surface area contributed by atoms with Crippen LogP contribution in [-0.2, 0) is 38.1 Å². The fraction of sp³-hybridized carbons (Fsp3) is 0.714. The number of unbranched alkanes of at least 4 members (excludes halogenated alkanes) is 9. The second-order valence-electron chi connectivity index (χ2n) is 9.23. The van der Waals surface area contributed by atoms with Gasteiger partial charge in [-0.15, -0.1) is 0 Å². The minimum atomic E-state index is -1.20. The molecule has 1 aliphatic heterocycles. The molecule has 1 amide bonds. The highest BCUT2D eigenvalue weighted by Gasteiger charge is 2.32. The highest BCUT2D eigenvalue weighted by Crippen LogP contribution is 2.29. The average molecular weight is 524 g/mol. The van der Waals surface area contributed by atoms with Crippen LogP contribution in [0.5, 0.6) is 0 Å². The summed E-state index contributed by atoms with van der Waals surface area (Å²) >= 11 is 0. The third kappa shape index (κ3) is 15.4. The largest absolute Gasteiger partial charge is 0.463 e. The first-order chi connectivity index (χ1) is 17.8. The van der Waals surface area contributed by atoms with Gasteiger partial charge in [-0.05, 0) is 26.3 Å². The van der Waals surface area contributed by atoms with E-state index in [1.807, 2.05) is 0 Å². The maximum Gasteiger partial charge on any atom is 0.331 e. The van der Waals surface area contributed by atoms with Crippen LogP contribution in [0.4, 0.5) is 0 Å². The van der Waals surface area contributed by atoms with Crippen LogP contribution in [0.15, 0.2) is 23.5 Å². The summed E-state index contributed by atoms with van der Waals surface area (Å²) in [5.41, 5.74) is 0.107. The van der Waals surface area contributed by atoms with Crippen LogP contribution in [-0.4, -0.2) is 55.8 Å². The van der Waals surface area contributed by atoms with Crippen molar-refractivity contribution in [3.8, 4) is 0 Å². The van der Waals surface area contributed by atoms with Crippen molar-refractivity contribution in [2.45, 2.75) is 111 Å². The van der Waals surface area contributed by atoms with Crippen LogP contribution in [0, 0.1) is 0 Å². The van der Waals surface area contributed by atoms with Crippen molar-refractivity contribution in [2.24, 2.45) is 0 Å². The number of rotatable bonds is 19. The van der Waals surface area contributed by atoms with Gasteiger partial charge in [0.2, 0.25) is 5.91 Å². The Morgan fingerprint density at radius 2 is 1.57 bits per heavy atom. The Kier molecular flexibility index (Phi) is 17.2. The van der Waals surface area contributed by atoms with Crippen LogP contribution < -0.4 is 5.32 Å². The number of carbonyl (C=O) groups is 4. The molecule has 0 fully saturated rings. The van der Waals surface area contributed by atoms with Crippen molar-refractivity contribution in [3.05, 3.63) is 23.5 Å². The van der Waals surface area contributed by atoms with Crippen LogP contribution >= 0.6 is 0 Å². The van der Waals surface area contributed by atoms with Crippen LogP contribution in [0.1, 0.15) is 98.3 Å². The Balaban J connectivity index is 2.57. The molecule has 9 heteroatoms. The number of esters is 2. The molecule has 0 saturated carbocycles. The molecule has 2 atom stereocenters. The number of nitrogens with one attached hydrogen (secondary N) is 1. The number of hydrogen-bond acceptors (Lipinski definition) is 8. The lowest BCUT2D eigenvalue weighted by molar-refractivity contribution is -0.163. The third-order valence-electron chi connectivity index (χ3n) is 5.69. The third-order valence-corrected chi connectivity index (χ3v) is 5.69. The highest BCUT2D eigenvalue weighted by molar-refractivity contribution is 5.84. The van der Waals surface area contributed by atoms with Gasteiger partial charge < -0.3 is 24.3 Å². The van der Waals surface area contributed by atoms with Gasteiger partial charge >= 0.3 is 11.9 Å². The number of Topliss-reactive ketones (excluding diaryl/α,β-unsaturated/α-hetero) is 1. The van der Waals surface area contributed by atoms with Gasteiger partial charge in [-0.25, -0.2) is 4.79 Å². The highest BCUT2D eigenvalue weighted by atomic mass is 16.7. The van der Waals surface area contributed by atoms with Crippen LogP contribution in [0.25, 0.3) is 0 Å². The normalized spacial score (nSPS) is 18.3. The molecule has 1 rings (SSSR count). The van der Waals surface area contributed by atoms with Gasteiger partial charge in [0.15, 0.2) is 6.29 Å². The summed E-state index contributed by atoms with van der Waals surface area (Å²) < 4.78 is 21.7. The van der Waals surface area contributed by atoms with Gasteiger partial charge in [-0.2, -0.15) is 0 Å². The van der Waals surface area contributed by atoms with Crippen molar-refractivity contribution in [2.75, 3.05) is 19.8 Å². The second-order valence-corrected chi connectivity index (χ2v) is 9.23. The molecule has 1 aliphatic rings. The quantitative estimate of drug-likeness (QED) is 0.147. The summed E-state index contributed by atoms with van der Waals surface area (Å²) in [6.45, 7) is 6.87. The van der Waals surface area contributed by atoms with Crippen molar-refractivity contribution >= 4 is 23.6 Å². The van der Waals surface area contributed by atoms with E-state index in [0.717, 1.165) is 25.3 Å². The molecule has 0 aromatic heterocycles. The predicted octanol–water partition coefficient (Wildman–Crippen LogP) is 4.68. The van der Waals surface area contributed by atoms with Gasteiger partial charge in [0.1, 0.15) is 18.1 Å². The molecule has 0 saturated heterocycles. The Bertz CT molecular complexity index is 789. The predicted molar refractivity (Wildman–Crippen MR) is 139 cm³/mol. The average Bonchev–Trinajstić information content (AvgIpc) is 2.82. The molecule has 0 spiro atoms. The molecule has 0 bridgehead atoms. The van der Waals surface area contributed by atoms with E-state index in [4.69, 9.17) is 18.9 Å². The summed E-state index contributed by atoms with van der Waals surface area (Å²) in [4.78, 5) is 47.7. The summed E-state index contributed by atoms with van der Waals surface area (Å²) in [5, 5.41) is 2.83. The molecule has 37 heavy (non-hydrogen) atoms. The van der Waals surface area contributed by atoms with E-state index in [1.54, 1.807) is 6.92 Å². The molecular weight excluding hydrogens is 478 g/mol. The summed E-state index contributed by atoms with van der Waals surface area (Å²) in [5.74, 6) is -1.73. The van der Waals surface area contributed by atoms with Crippen molar-refractivity contribution in [1.29, 1.82) is 0 Å². The molecule has 1 heterocycles. The van der Waals surface area contributed by atoms with E-state index in [9.17, 15) is 19.2 Å². The summed E-state index contributed by atoms with van der Waals surface area (Å²) in [7, 11) is 0. The van der Waals surface area contributed by atoms with E-state index in [1.165, 1.54) is 64.9 Å².